The number of hydrogen-bond donors (Lipinski definition) is 1. The van der Waals surface area contributed by atoms with Crippen molar-refractivity contribution in [3.05, 3.63) is 0 Å². The first-order valence-electron chi connectivity index (χ1n) is 6.66. The Balaban J connectivity index is 2.04. The van der Waals surface area contributed by atoms with Gasteiger partial charge in [0.05, 0.1) is 6.10 Å². The van der Waals surface area contributed by atoms with Crippen LogP contribution in [0.4, 0.5) is 0 Å². The fourth-order valence-electron chi connectivity index (χ4n) is 3.25. The van der Waals surface area contributed by atoms with Crippen molar-refractivity contribution in [2.45, 2.75) is 47.1 Å². The molecule has 98 valence electrons. The third kappa shape index (κ3) is 1.79. The summed E-state index contributed by atoms with van der Waals surface area (Å²) in [4.78, 5) is 14.3. The molecular weight excluding hydrogens is 214 g/mol. The van der Waals surface area contributed by atoms with Gasteiger partial charge in [0.2, 0.25) is 5.91 Å². The molecular formula is C14H25NO2. The Kier molecular flexibility index (Phi) is 2.81. The number of likely N-dealkylation sites (tertiary alicyclic amines) is 1. The van der Waals surface area contributed by atoms with Crippen molar-refractivity contribution in [1.82, 2.24) is 4.90 Å². The average Bonchev–Trinajstić information content (AvgIpc) is 2.61. The van der Waals surface area contributed by atoms with Gasteiger partial charge in [-0.2, -0.15) is 0 Å². The fourth-order valence-corrected chi connectivity index (χ4v) is 3.25. The van der Waals surface area contributed by atoms with Crippen LogP contribution in [0.5, 0.6) is 0 Å². The monoisotopic (exact) mass is 239 g/mol. The zero-order valence-electron chi connectivity index (χ0n) is 11.7. The maximum atomic E-state index is 12.5. The predicted octanol–water partition coefficient (Wildman–Crippen LogP) is 1.90. The largest absolute Gasteiger partial charge is 0.391 e. The molecule has 1 N–H and O–H groups in total. The minimum absolute atomic E-state index is 0.0953. The highest BCUT2D eigenvalue weighted by molar-refractivity contribution is 5.84. The molecule has 2 fully saturated rings. The minimum atomic E-state index is -0.349. The quantitative estimate of drug-likeness (QED) is 0.759. The van der Waals surface area contributed by atoms with Crippen LogP contribution in [0.15, 0.2) is 0 Å². The van der Waals surface area contributed by atoms with Crippen molar-refractivity contribution in [2.24, 2.45) is 22.7 Å². The summed E-state index contributed by atoms with van der Waals surface area (Å²) >= 11 is 0. The number of carbonyl (C=O) groups excluding carboxylic acids is 1. The second-order valence-corrected chi connectivity index (χ2v) is 6.99. The number of nitrogens with zero attached hydrogens (tertiary/aromatic N) is 1. The van der Waals surface area contributed by atoms with Crippen molar-refractivity contribution in [3.8, 4) is 0 Å². The van der Waals surface area contributed by atoms with Gasteiger partial charge < -0.3 is 10.0 Å². The molecule has 0 spiro atoms. The van der Waals surface area contributed by atoms with E-state index in [9.17, 15) is 9.90 Å². The van der Waals surface area contributed by atoms with Gasteiger partial charge in [-0.3, -0.25) is 4.79 Å². The first kappa shape index (κ1) is 12.9. The van der Waals surface area contributed by atoms with E-state index in [1.165, 1.54) is 0 Å². The lowest BCUT2D eigenvalue weighted by Gasteiger charge is -2.34. The number of carbonyl (C=O) groups is 1. The van der Waals surface area contributed by atoms with Gasteiger partial charge in [0.1, 0.15) is 0 Å². The number of piperidine rings is 1. The zero-order valence-corrected chi connectivity index (χ0v) is 11.7. The highest BCUT2D eigenvalue weighted by Crippen LogP contribution is 2.68. The fraction of sp³-hybridized carbons (Fsp3) is 0.929. The Labute approximate surface area is 104 Å². The summed E-state index contributed by atoms with van der Waals surface area (Å²) in [6.07, 6.45) is 0.568. The Morgan fingerprint density at radius 1 is 1.24 bits per heavy atom. The molecule has 1 amide bonds. The molecule has 2 rings (SSSR count). The number of aliphatic hydroxyl groups excluding tert-OH is 1. The lowest BCUT2D eigenvalue weighted by atomic mass is 9.95. The van der Waals surface area contributed by atoms with Crippen LogP contribution in [-0.2, 0) is 4.79 Å². The van der Waals surface area contributed by atoms with Crippen LogP contribution >= 0.6 is 0 Å². The highest BCUT2D eigenvalue weighted by atomic mass is 16.3. The van der Waals surface area contributed by atoms with Crippen molar-refractivity contribution >= 4 is 5.91 Å². The van der Waals surface area contributed by atoms with Gasteiger partial charge in [-0.05, 0) is 23.2 Å². The molecule has 0 radical (unpaired) electrons. The highest BCUT2D eigenvalue weighted by Gasteiger charge is 2.68. The lowest BCUT2D eigenvalue weighted by Crippen LogP contribution is -2.47. The lowest BCUT2D eigenvalue weighted by molar-refractivity contribution is -0.138. The van der Waals surface area contributed by atoms with Gasteiger partial charge in [0.15, 0.2) is 0 Å². The molecule has 0 aromatic rings. The smallest absolute Gasteiger partial charge is 0.226 e. The van der Waals surface area contributed by atoms with Crippen molar-refractivity contribution in [1.29, 1.82) is 0 Å². The van der Waals surface area contributed by atoms with Crippen LogP contribution < -0.4 is 0 Å². The van der Waals surface area contributed by atoms with Crippen LogP contribution in [0.2, 0.25) is 0 Å². The van der Waals surface area contributed by atoms with Crippen molar-refractivity contribution in [2.75, 3.05) is 13.1 Å². The van der Waals surface area contributed by atoms with E-state index in [2.05, 4.69) is 34.6 Å². The van der Waals surface area contributed by atoms with Gasteiger partial charge >= 0.3 is 0 Å². The molecule has 0 bridgehead atoms. The Morgan fingerprint density at radius 2 is 1.76 bits per heavy atom. The zero-order chi connectivity index (χ0) is 13.0. The summed E-state index contributed by atoms with van der Waals surface area (Å²) in [5.74, 6) is 0.681. The molecule has 3 heteroatoms. The van der Waals surface area contributed by atoms with Gasteiger partial charge in [-0.1, -0.05) is 34.6 Å². The Morgan fingerprint density at radius 3 is 2.18 bits per heavy atom. The molecule has 1 saturated carbocycles. The maximum Gasteiger partial charge on any atom is 0.226 e. The van der Waals surface area contributed by atoms with Gasteiger partial charge in [0, 0.05) is 19.0 Å². The van der Waals surface area contributed by atoms with Crippen LogP contribution in [0.1, 0.15) is 41.0 Å². The summed E-state index contributed by atoms with van der Waals surface area (Å²) in [7, 11) is 0. The van der Waals surface area contributed by atoms with Crippen LogP contribution in [0, 0.1) is 22.7 Å². The topological polar surface area (TPSA) is 40.5 Å². The molecule has 0 aromatic heterocycles. The van der Waals surface area contributed by atoms with Crippen molar-refractivity contribution < 1.29 is 9.90 Å². The Bertz CT molecular complexity index is 321. The second kappa shape index (κ2) is 3.71. The molecule has 1 heterocycles. The summed E-state index contributed by atoms with van der Waals surface area (Å²) in [5, 5.41) is 9.87. The first-order valence-corrected chi connectivity index (χ1v) is 6.66. The number of β-amino-alcohol motifs (C(OH)–C–C–N with tert-alkyl or cyclic N) is 1. The van der Waals surface area contributed by atoms with E-state index >= 15 is 0 Å². The summed E-state index contributed by atoms with van der Waals surface area (Å²) < 4.78 is 0. The van der Waals surface area contributed by atoms with E-state index in [-0.39, 0.29) is 28.8 Å². The SMILES string of the molecule is CC1CCN(C(=O)C2C(C)(C)C2(C)C)CC1O. The third-order valence-corrected chi connectivity index (χ3v) is 5.50. The number of amides is 1. The van der Waals surface area contributed by atoms with Crippen molar-refractivity contribution in [3.63, 3.8) is 0 Å². The summed E-state index contributed by atoms with van der Waals surface area (Å²) in [6, 6.07) is 0. The molecule has 1 saturated heterocycles. The predicted molar refractivity (Wildman–Crippen MR) is 67.4 cm³/mol. The number of rotatable bonds is 1. The van der Waals surface area contributed by atoms with Gasteiger partial charge in [0.25, 0.3) is 0 Å². The molecule has 2 unspecified atom stereocenters. The molecule has 1 aliphatic carbocycles. The third-order valence-electron chi connectivity index (χ3n) is 5.50. The molecule has 3 nitrogen and oxygen atoms in total. The van der Waals surface area contributed by atoms with E-state index in [1.807, 2.05) is 4.90 Å². The van der Waals surface area contributed by atoms with Gasteiger partial charge in [-0.25, -0.2) is 0 Å². The van der Waals surface area contributed by atoms with E-state index in [4.69, 9.17) is 0 Å². The van der Waals surface area contributed by atoms with Gasteiger partial charge in [-0.15, -0.1) is 0 Å². The summed E-state index contributed by atoms with van der Waals surface area (Å²) in [6.45, 7) is 12.0. The van der Waals surface area contributed by atoms with Crippen LogP contribution in [0.3, 0.4) is 0 Å². The normalized spacial score (nSPS) is 35.8. The van der Waals surface area contributed by atoms with E-state index in [1.54, 1.807) is 0 Å². The van der Waals surface area contributed by atoms with Crippen LogP contribution in [0.25, 0.3) is 0 Å². The standard InChI is InChI=1S/C14H25NO2/c1-9-6-7-15(8-10(9)16)12(17)11-13(2,3)14(11,4)5/h9-11,16H,6-8H2,1-5H3. The molecule has 2 atom stereocenters. The van der Waals surface area contributed by atoms with Crippen LogP contribution in [-0.4, -0.2) is 35.1 Å². The molecule has 0 aromatic carbocycles. The maximum absolute atomic E-state index is 12.5. The molecule has 17 heavy (non-hydrogen) atoms. The molecule has 2 aliphatic rings. The second-order valence-electron chi connectivity index (χ2n) is 6.99. The summed E-state index contributed by atoms with van der Waals surface area (Å²) in [5.41, 5.74) is 0.191. The first-order chi connectivity index (χ1) is 7.69. The van der Waals surface area contributed by atoms with E-state index in [0.29, 0.717) is 12.5 Å². The Hall–Kier alpha value is -0.570. The molecule has 1 aliphatic heterocycles. The van der Waals surface area contributed by atoms with E-state index in [0.717, 1.165) is 13.0 Å². The average molecular weight is 239 g/mol. The minimum Gasteiger partial charge on any atom is -0.391 e. The van der Waals surface area contributed by atoms with E-state index < -0.39 is 0 Å². The number of hydrogen-bond acceptors (Lipinski definition) is 2. The number of aliphatic hydroxyl groups is 1.